The average Bonchev–Trinajstić information content (AvgIpc) is 2.53. The van der Waals surface area contributed by atoms with Crippen molar-refractivity contribution in [3.05, 3.63) is 22.4 Å². The second kappa shape index (κ2) is 3.69. The highest BCUT2D eigenvalue weighted by Gasteiger charge is 2.23. The molecule has 0 amide bonds. The fourth-order valence-electron chi connectivity index (χ4n) is 0.841. The van der Waals surface area contributed by atoms with Gasteiger partial charge in [0.15, 0.2) is 0 Å². The Morgan fingerprint density at radius 1 is 1.67 bits per heavy atom. The van der Waals surface area contributed by atoms with Crippen molar-refractivity contribution in [3.63, 3.8) is 0 Å². The highest BCUT2D eigenvalue weighted by atomic mass is 32.1. The normalized spacial score (nSPS) is 15.5. The van der Waals surface area contributed by atoms with Crippen LogP contribution >= 0.6 is 11.3 Å². The summed E-state index contributed by atoms with van der Waals surface area (Å²) in [4.78, 5) is 11.2. The molecule has 3 nitrogen and oxygen atoms in total. The Bertz CT molecular complexity index is 255. The summed E-state index contributed by atoms with van der Waals surface area (Å²) in [6.07, 6.45) is -0.887. The number of aliphatic hydroxyl groups is 1. The molecule has 0 aromatic carbocycles. The fourth-order valence-corrected chi connectivity index (χ4v) is 1.66. The molecule has 0 aliphatic carbocycles. The lowest BCUT2D eigenvalue weighted by Gasteiger charge is -2.12. The van der Waals surface area contributed by atoms with Crippen molar-refractivity contribution in [3.8, 4) is 0 Å². The molecule has 0 fully saturated rings. The minimum absolute atomic E-state index is 0.699. The first-order chi connectivity index (χ1) is 5.63. The van der Waals surface area contributed by atoms with Crippen LogP contribution in [0, 0.1) is 5.92 Å². The summed E-state index contributed by atoms with van der Waals surface area (Å²) >= 11 is 1.36. The zero-order valence-corrected chi connectivity index (χ0v) is 7.41. The Kier molecular flexibility index (Phi) is 2.83. The van der Waals surface area contributed by atoms with Crippen molar-refractivity contribution in [2.24, 2.45) is 5.92 Å². The molecule has 0 bridgehead atoms. The number of thiophene rings is 1. The maximum atomic E-state index is 10.5. The van der Waals surface area contributed by atoms with Crippen LogP contribution in [0.3, 0.4) is 0 Å². The molecule has 0 saturated heterocycles. The summed E-state index contributed by atoms with van der Waals surface area (Å²) in [5.41, 5.74) is 0. The van der Waals surface area contributed by atoms with Crippen molar-refractivity contribution in [2.45, 2.75) is 13.0 Å². The zero-order chi connectivity index (χ0) is 9.14. The third-order valence-corrected chi connectivity index (χ3v) is 2.64. The van der Waals surface area contributed by atoms with Crippen LogP contribution in [0.4, 0.5) is 0 Å². The maximum Gasteiger partial charge on any atom is 0.309 e. The van der Waals surface area contributed by atoms with Gasteiger partial charge in [-0.1, -0.05) is 6.07 Å². The van der Waals surface area contributed by atoms with Crippen LogP contribution in [0.15, 0.2) is 17.5 Å². The van der Waals surface area contributed by atoms with E-state index in [1.165, 1.54) is 18.3 Å². The molecule has 0 aliphatic rings. The number of carboxylic acid groups (broad SMARTS) is 1. The molecule has 4 heteroatoms. The molecular weight excluding hydrogens is 176 g/mol. The van der Waals surface area contributed by atoms with Crippen LogP contribution in [-0.2, 0) is 4.79 Å². The molecule has 12 heavy (non-hydrogen) atoms. The van der Waals surface area contributed by atoms with E-state index in [1.807, 2.05) is 5.38 Å². The van der Waals surface area contributed by atoms with Crippen LogP contribution in [0.25, 0.3) is 0 Å². The second-order valence-corrected chi connectivity index (χ2v) is 3.57. The monoisotopic (exact) mass is 186 g/mol. The first-order valence-corrected chi connectivity index (χ1v) is 4.45. The van der Waals surface area contributed by atoms with Gasteiger partial charge in [0.25, 0.3) is 0 Å². The van der Waals surface area contributed by atoms with E-state index >= 15 is 0 Å². The molecule has 2 atom stereocenters. The van der Waals surface area contributed by atoms with Crippen LogP contribution in [0.2, 0.25) is 0 Å². The number of carboxylic acids is 1. The quantitative estimate of drug-likeness (QED) is 0.752. The lowest BCUT2D eigenvalue weighted by atomic mass is 10.0. The first kappa shape index (κ1) is 9.22. The minimum atomic E-state index is -0.976. The smallest absolute Gasteiger partial charge is 0.309 e. The van der Waals surface area contributed by atoms with Crippen LogP contribution < -0.4 is 0 Å². The molecule has 1 heterocycles. The van der Waals surface area contributed by atoms with Gasteiger partial charge >= 0.3 is 5.97 Å². The molecular formula is C8H10O3S. The summed E-state index contributed by atoms with van der Waals surface area (Å²) in [6, 6.07) is 3.52. The average molecular weight is 186 g/mol. The van der Waals surface area contributed by atoms with Gasteiger partial charge in [-0.25, -0.2) is 0 Å². The lowest BCUT2D eigenvalue weighted by Crippen LogP contribution is -2.17. The van der Waals surface area contributed by atoms with Gasteiger partial charge in [0.05, 0.1) is 5.92 Å². The third kappa shape index (κ3) is 1.84. The summed E-state index contributed by atoms with van der Waals surface area (Å²) in [5, 5.41) is 19.9. The maximum absolute atomic E-state index is 10.5. The highest BCUT2D eigenvalue weighted by molar-refractivity contribution is 7.10. The Balaban J connectivity index is 2.71. The number of hydrogen-bond acceptors (Lipinski definition) is 3. The van der Waals surface area contributed by atoms with E-state index in [9.17, 15) is 9.90 Å². The lowest BCUT2D eigenvalue weighted by molar-refractivity contribution is -0.144. The van der Waals surface area contributed by atoms with E-state index < -0.39 is 18.0 Å². The van der Waals surface area contributed by atoms with E-state index in [0.717, 1.165) is 0 Å². The van der Waals surface area contributed by atoms with Crippen LogP contribution in [0.5, 0.6) is 0 Å². The molecule has 1 aromatic heterocycles. The molecule has 1 unspecified atom stereocenters. The van der Waals surface area contributed by atoms with Crippen LogP contribution in [-0.4, -0.2) is 16.2 Å². The second-order valence-electron chi connectivity index (χ2n) is 2.59. The number of hydrogen-bond donors (Lipinski definition) is 2. The summed E-state index contributed by atoms with van der Waals surface area (Å²) in [5.74, 6) is -1.72. The highest BCUT2D eigenvalue weighted by Crippen LogP contribution is 2.25. The van der Waals surface area contributed by atoms with Crippen molar-refractivity contribution in [1.82, 2.24) is 0 Å². The Morgan fingerprint density at radius 2 is 2.33 bits per heavy atom. The van der Waals surface area contributed by atoms with Crippen LogP contribution in [0.1, 0.15) is 17.9 Å². The van der Waals surface area contributed by atoms with Crippen molar-refractivity contribution in [2.75, 3.05) is 0 Å². The molecule has 0 saturated carbocycles. The Labute approximate surface area is 74.3 Å². The first-order valence-electron chi connectivity index (χ1n) is 3.57. The molecule has 2 N–H and O–H groups in total. The standard InChI is InChI=1S/C8H10O3S/c1-5(8(10)11)7(9)6-3-2-4-12-6/h2-5,7,9H,1H3,(H,10,11)/t5-,7?/m0/s1. The van der Waals surface area contributed by atoms with E-state index in [0.29, 0.717) is 4.88 Å². The predicted octanol–water partition coefficient (Wildman–Crippen LogP) is 1.50. The van der Waals surface area contributed by atoms with Gasteiger partial charge in [0.2, 0.25) is 0 Å². The molecule has 1 aromatic rings. The topological polar surface area (TPSA) is 57.5 Å². The number of carbonyl (C=O) groups is 1. The minimum Gasteiger partial charge on any atom is -0.481 e. The van der Waals surface area contributed by atoms with Crippen molar-refractivity contribution in [1.29, 1.82) is 0 Å². The Hall–Kier alpha value is -0.870. The fraction of sp³-hybridized carbons (Fsp3) is 0.375. The SMILES string of the molecule is C[C@H](C(=O)O)C(O)c1cccs1. The molecule has 66 valence electrons. The number of rotatable bonds is 3. The largest absolute Gasteiger partial charge is 0.481 e. The van der Waals surface area contributed by atoms with E-state index in [1.54, 1.807) is 12.1 Å². The number of aliphatic hydroxyl groups excluding tert-OH is 1. The van der Waals surface area contributed by atoms with E-state index in [2.05, 4.69) is 0 Å². The molecule has 1 rings (SSSR count). The van der Waals surface area contributed by atoms with Gasteiger partial charge in [-0.15, -0.1) is 11.3 Å². The summed E-state index contributed by atoms with van der Waals surface area (Å²) in [7, 11) is 0. The van der Waals surface area contributed by atoms with Gasteiger partial charge in [-0.05, 0) is 18.4 Å². The van der Waals surface area contributed by atoms with Gasteiger partial charge in [0.1, 0.15) is 6.10 Å². The summed E-state index contributed by atoms with van der Waals surface area (Å²) in [6.45, 7) is 1.49. The van der Waals surface area contributed by atoms with E-state index in [4.69, 9.17) is 5.11 Å². The van der Waals surface area contributed by atoms with Crippen molar-refractivity contribution >= 4 is 17.3 Å². The predicted molar refractivity (Wildman–Crippen MR) is 46.1 cm³/mol. The van der Waals surface area contributed by atoms with Gasteiger partial charge in [-0.2, -0.15) is 0 Å². The van der Waals surface area contributed by atoms with Crippen molar-refractivity contribution < 1.29 is 15.0 Å². The molecule has 0 radical (unpaired) electrons. The molecule has 0 spiro atoms. The zero-order valence-electron chi connectivity index (χ0n) is 6.60. The summed E-state index contributed by atoms with van der Waals surface area (Å²) < 4.78 is 0. The Morgan fingerprint density at radius 3 is 2.75 bits per heavy atom. The molecule has 0 aliphatic heterocycles. The van der Waals surface area contributed by atoms with Gasteiger partial charge < -0.3 is 10.2 Å². The number of aliphatic carboxylic acids is 1. The third-order valence-electron chi connectivity index (χ3n) is 1.70. The van der Waals surface area contributed by atoms with Gasteiger partial charge in [-0.3, -0.25) is 4.79 Å². The van der Waals surface area contributed by atoms with E-state index in [-0.39, 0.29) is 0 Å². The van der Waals surface area contributed by atoms with Gasteiger partial charge in [0, 0.05) is 4.88 Å².